The van der Waals surface area contributed by atoms with E-state index in [-0.39, 0.29) is 35.8 Å². The molecule has 1 aromatic heterocycles. The molecule has 4 aromatic rings. The highest BCUT2D eigenvalue weighted by Gasteiger charge is 2.27. The van der Waals surface area contributed by atoms with Gasteiger partial charge in [0.2, 0.25) is 5.95 Å². The maximum Gasteiger partial charge on any atom is 0.253 e. The number of piperazine rings is 1. The van der Waals surface area contributed by atoms with Crippen LogP contribution < -0.4 is 21.7 Å². The number of amides is 1. The number of nitrogens with zero attached hydrogens (tertiary/aromatic N) is 4. The van der Waals surface area contributed by atoms with E-state index in [0.717, 1.165) is 13.1 Å². The molecule has 2 aliphatic heterocycles. The van der Waals surface area contributed by atoms with Crippen LogP contribution in [0.4, 0.5) is 20.4 Å². The molecule has 9 nitrogen and oxygen atoms in total. The standard InChI is InChI=1S/C32H31ClF2N8O/c1-17-15-43(16-18(2)39-17)31(36)42-30(44)19-6-9-22(10-7-19)40-32-38-14-20-13-37-29(27-25(34)4-3-5-26(27)35)24-12-21(33)8-11-23(24)28(20)41-32/h3-12,14,17-18,31,39H,13,15-16,36H2,1-2H3,(H,42,44)(H,38,40,41). The number of nitrogens with one attached hydrogen (secondary N) is 3. The molecule has 1 fully saturated rings. The third-order valence-corrected chi connectivity index (χ3v) is 7.86. The lowest BCUT2D eigenvalue weighted by Crippen LogP contribution is -2.63. The van der Waals surface area contributed by atoms with Gasteiger partial charge < -0.3 is 16.0 Å². The van der Waals surface area contributed by atoms with Crippen molar-refractivity contribution in [2.24, 2.45) is 10.7 Å². The molecule has 0 radical (unpaired) electrons. The molecule has 3 aromatic carbocycles. The fourth-order valence-corrected chi connectivity index (χ4v) is 5.83. The number of nitrogens with two attached hydrogens (primary N) is 1. The Balaban J connectivity index is 1.21. The van der Waals surface area contributed by atoms with Crippen LogP contribution in [0, 0.1) is 11.6 Å². The zero-order valence-corrected chi connectivity index (χ0v) is 24.9. The third-order valence-electron chi connectivity index (χ3n) is 7.62. The lowest BCUT2D eigenvalue weighted by Gasteiger charge is -2.39. The summed E-state index contributed by atoms with van der Waals surface area (Å²) < 4.78 is 29.6. The number of aromatic nitrogens is 2. The zero-order valence-electron chi connectivity index (χ0n) is 24.1. The maximum absolute atomic E-state index is 14.8. The number of fused-ring (bicyclic) bond motifs is 3. The Morgan fingerprint density at radius 1 is 1.05 bits per heavy atom. The van der Waals surface area contributed by atoms with Crippen molar-refractivity contribution in [3.63, 3.8) is 0 Å². The van der Waals surface area contributed by atoms with Crippen molar-refractivity contribution < 1.29 is 13.6 Å². The van der Waals surface area contributed by atoms with E-state index in [1.54, 1.807) is 48.7 Å². The normalized spacial score (nSPS) is 18.8. The third kappa shape index (κ3) is 6.18. The molecule has 0 aliphatic carbocycles. The number of halogens is 3. The summed E-state index contributed by atoms with van der Waals surface area (Å²) in [5, 5.41) is 9.89. The van der Waals surface area contributed by atoms with Gasteiger partial charge >= 0.3 is 0 Å². The van der Waals surface area contributed by atoms with Crippen LogP contribution in [0.3, 0.4) is 0 Å². The van der Waals surface area contributed by atoms with Gasteiger partial charge in [0.25, 0.3) is 5.91 Å². The quantitative estimate of drug-likeness (QED) is 0.229. The first kappa shape index (κ1) is 29.8. The SMILES string of the molecule is CC1CN(C(N)NC(=O)c2ccc(Nc3ncc4c(n3)-c3ccc(Cl)cc3C(c3c(F)cccc3F)=NC4)cc2)CC(C)N1. The van der Waals surface area contributed by atoms with Gasteiger partial charge in [-0.2, -0.15) is 0 Å². The average Bonchev–Trinajstić information content (AvgIpc) is 3.13. The van der Waals surface area contributed by atoms with Crippen LogP contribution in [-0.2, 0) is 6.54 Å². The molecular weight excluding hydrogens is 586 g/mol. The minimum Gasteiger partial charge on any atom is -0.324 e. The highest BCUT2D eigenvalue weighted by molar-refractivity contribution is 6.31. The van der Waals surface area contributed by atoms with E-state index in [1.165, 1.54) is 18.2 Å². The Morgan fingerprint density at radius 2 is 1.75 bits per heavy atom. The van der Waals surface area contributed by atoms with Crippen LogP contribution >= 0.6 is 11.6 Å². The minimum atomic E-state index is -0.721. The first-order valence-corrected chi connectivity index (χ1v) is 14.6. The van der Waals surface area contributed by atoms with Crippen LogP contribution in [0.2, 0.25) is 5.02 Å². The highest BCUT2D eigenvalue weighted by Crippen LogP contribution is 2.34. The Hall–Kier alpha value is -4.29. The Labute approximate surface area is 258 Å². The molecule has 3 unspecified atom stereocenters. The van der Waals surface area contributed by atoms with Gasteiger partial charge in [0.05, 0.1) is 23.5 Å². The zero-order chi connectivity index (χ0) is 31.0. The first-order chi connectivity index (χ1) is 21.2. The monoisotopic (exact) mass is 616 g/mol. The van der Waals surface area contributed by atoms with Crippen molar-refractivity contribution in [3.8, 4) is 11.3 Å². The lowest BCUT2D eigenvalue weighted by atomic mass is 9.95. The second-order valence-electron chi connectivity index (χ2n) is 11.1. The molecule has 3 atom stereocenters. The van der Waals surface area contributed by atoms with Gasteiger partial charge in [0.15, 0.2) is 0 Å². The summed E-state index contributed by atoms with van der Waals surface area (Å²) >= 11 is 6.31. The summed E-state index contributed by atoms with van der Waals surface area (Å²) in [5.41, 5.74) is 9.66. The minimum absolute atomic E-state index is 0.114. The summed E-state index contributed by atoms with van der Waals surface area (Å²) in [6, 6.07) is 16.2. The predicted octanol–water partition coefficient (Wildman–Crippen LogP) is 4.82. The molecule has 0 saturated carbocycles. The number of hydrogen-bond acceptors (Lipinski definition) is 8. The van der Waals surface area contributed by atoms with E-state index < -0.39 is 17.9 Å². The number of anilines is 2. The van der Waals surface area contributed by atoms with Crippen molar-refractivity contribution in [2.45, 2.75) is 38.8 Å². The smallest absolute Gasteiger partial charge is 0.253 e. The summed E-state index contributed by atoms with van der Waals surface area (Å²) in [5.74, 6) is -1.42. The fraction of sp³-hybridized carbons (Fsp3) is 0.250. The average molecular weight is 617 g/mol. The number of hydrogen-bond donors (Lipinski definition) is 4. The predicted molar refractivity (Wildman–Crippen MR) is 167 cm³/mol. The second-order valence-corrected chi connectivity index (χ2v) is 11.5. The summed E-state index contributed by atoms with van der Waals surface area (Å²) in [7, 11) is 0. The lowest BCUT2D eigenvalue weighted by molar-refractivity contribution is 0.0756. The number of aliphatic imine (C=N–C) groups is 1. The van der Waals surface area contributed by atoms with E-state index in [2.05, 4.69) is 39.8 Å². The second kappa shape index (κ2) is 12.4. The van der Waals surface area contributed by atoms with E-state index in [1.807, 2.05) is 4.90 Å². The van der Waals surface area contributed by atoms with Crippen LogP contribution in [0.15, 0.2) is 71.9 Å². The van der Waals surface area contributed by atoms with Gasteiger partial charge in [-0.25, -0.2) is 18.7 Å². The molecule has 12 heteroatoms. The Kier molecular flexibility index (Phi) is 8.37. The number of carbonyl (C=O) groups excluding carboxylic acids is 1. The molecule has 2 aliphatic rings. The fourth-order valence-electron chi connectivity index (χ4n) is 5.66. The Morgan fingerprint density at radius 3 is 2.45 bits per heavy atom. The molecule has 6 rings (SSSR count). The molecule has 1 amide bonds. The van der Waals surface area contributed by atoms with Gasteiger partial charge in [-0.05, 0) is 62.4 Å². The van der Waals surface area contributed by atoms with Gasteiger partial charge in [-0.15, -0.1) is 0 Å². The van der Waals surface area contributed by atoms with Crippen LogP contribution in [0.1, 0.15) is 40.9 Å². The van der Waals surface area contributed by atoms with Crippen molar-refractivity contribution >= 4 is 34.9 Å². The summed E-state index contributed by atoms with van der Waals surface area (Å²) in [6.07, 6.45) is 1.03. The molecule has 0 spiro atoms. The molecule has 226 valence electrons. The highest BCUT2D eigenvalue weighted by atomic mass is 35.5. The van der Waals surface area contributed by atoms with Crippen molar-refractivity contribution in [1.29, 1.82) is 0 Å². The van der Waals surface area contributed by atoms with Gasteiger partial charge in [-0.1, -0.05) is 23.7 Å². The molecular formula is C32H31ClF2N8O. The topological polar surface area (TPSA) is 121 Å². The number of carbonyl (C=O) groups is 1. The van der Waals surface area contributed by atoms with E-state index >= 15 is 0 Å². The van der Waals surface area contributed by atoms with Crippen LogP contribution in [-0.4, -0.2) is 57.9 Å². The van der Waals surface area contributed by atoms with E-state index in [0.29, 0.717) is 44.6 Å². The molecule has 5 N–H and O–H groups in total. The number of benzene rings is 3. The van der Waals surface area contributed by atoms with Gasteiger partial charge in [0, 0.05) is 64.3 Å². The van der Waals surface area contributed by atoms with E-state index in [9.17, 15) is 13.6 Å². The van der Waals surface area contributed by atoms with Crippen LogP contribution in [0.5, 0.6) is 0 Å². The van der Waals surface area contributed by atoms with Crippen molar-refractivity contribution in [3.05, 3.63) is 106 Å². The number of rotatable bonds is 6. The van der Waals surface area contributed by atoms with Crippen molar-refractivity contribution in [2.75, 3.05) is 18.4 Å². The van der Waals surface area contributed by atoms with Crippen LogP contribution in [0.25, 0.3) is 11.3 Å². The Bertz CT molecular complexity index is 1720. The summed E-state index contributed by atoms with van der Waals surface area (Å²) in [6.45, 7) is 5.76. The van der Waals surface area contributed by atoms with Gasteiger partial charge in [-0.3, -0.25) is 20.4 Å². The summed E-state index contributed by atoms with van der Waals surface area (Å²) in [4.78, 5) is 28.7. The van der Waals surface area contributed by atoms with Crippen molar-refractivity contribution in [1.82, 2.24) is 25.5 Å². The van der Waals surface area contributed by atoms with Gasteiger partial charge in [0.1, 0.15) is 17.9 Å². The van der Waals surface area contributed by atoms with E-state index in [4.69, 9.17) is 22.3 Å². The molecule has 0 bridgehead atoms. The molecule has 44 heavy (non-hydrogen) atoms. The maximum atomic E-state index is 14.8. The molecule has 1 saturated heterocycles. The molecule has 3 heterocycles. The largest absolute Gasteiger partial charge is 0.324 e. The first-order valence-electron chi connectivity index (χ1n) is 14.2.